The van der Waals surface area contributed by atoms with Crippen LogP contribution in [-0.4, -0.2) is 18.8 Å². The van der Waals surface area contributed by atoms with Gasteiger partial charge in [0.25, 0.3) is 0 Å². The van der Waals surface area contributed by atoms with Crippen LogP contribution in [0.15, 0.2) is 6.07 Å². The fourth-order valence-electron chi connectivity index (χ4n) is 22.9. The van der Waals surface area contributed by atoms with Crippen molar-refractivity contribution in [1.82, 2.24) is 0 Å². The van der Waals surface area contributed by atoms with Gasteiger partial charge in [-0.1, -0.05) is 40.7 Å². The summed E-state index contributed by atoms with van der Waals surface area (Å²) in [5.41, 5.74) is 9.49. The molecule has 17 aliphatic rings. The number of hydrogen-bond donors (Lipinski definition) is 0. The first-order valence-corrected chi connectivity index (χ1v) is 26.7. The molecule has 1 heterocycles. The molecule has 0 aromatic heterocycles. The van der Waals surface area contributed by atoms with E-state index >= 15 is 0 Å². The van der Waals surface area contributed by atoms with Crippen LogP contribution in [0.3, 0.4) is 0 Å². The molecule has 1 aromatic rings. The van der Waals surface area contributed by atoms with E-state index in [9.17, 15) is 0 Å². The summed E-state index contributed by atoms with van der Waals surface area (Å²) in [6.07, 6.45) is 37.9. The molecule has 59 heavy (non-hydrogen) atoms. The van der Waals surface area contributed by atoms with Gasteiger partial charge in [-0.25, -0.2) is 0 Å². The first-order valence-electron chi connectivity index (χ1n) is 26.7. The fourth-order valence-corrected chi connectivity index (χ4v) is 22.9. The number of hydrogen-bond acceptors (Lipinski definition) is 2. The molecule has 2 heteroatoms. The maximum absolute atomic E-state index is 8.67. The first-order chi connectivity index (χ1) is 28.2. The number of rotatable bonds is 9. The highest BCUT2D eigenvalue weighted by Gasteiger charge is 2.63. The molecule has 322 valence electrons. The third-order valence-corrected chi connectivity index (χ3v) is 22.3. The van der Waals surface area contributed by atoms with E-state index in [1.807, 2.05) is 22.3 Å². The minimum atomic E-state index is 0.0361. The molecule has 1 aromatic carbocycles. The summed E-state index contributed by atoms with van der Waals surface area (Å²) in [5, 5.41) is 0. The van der Waals surface area contributed by atoms with Crippen molar-refractivity contribution < 1.29 is 9.47 Å². The second-order valence-corrected chi connectivity index (χ2v) is 29.0. The van der Waals surface area contributed by atoms with Crippen LogP contribution in [0.5, 0.6) is 5.75 Å². The molecule has 2 atom stereocenters. The van der Waals surface area contributed by atoms with E-state index in [1.54, 1.807) is 44.3 Å². The molecule has 16 bridgehead atoms. The Morgan fingerprint density at radius 1 is 0.475 bits per heavy atom. The van der Waals surface area contributed by atoms with Crippen LogP contribution in [0, 0.1) is 81.8 Å². The first kappa shape index (κ1) is 37.4. The highest BCUT2D eigenvalue weighted by atomic mass is 16.6. The van der Waals surface area contributed by atoms with Crippen LogP contribution in [0.2, 0.25) is 0 Å². The fraction of sp³-hybridized carbons (Fsp3) is 0.895. The predicted octanol–water partition coefficient (Wildman–Crippen LogP) is 14.2. The predicted molar refractivity (Wildman–Crippen MR) is 238 cm³/mol. The molecule has 0 radical (unpaired) electrons. The second kappa shape index (κ2) is 12.2. The van der Waals surface area contributed by atoms with E-state index in [0.717, 1.165) is 77.6 Å². The van der Waals surface area contributed by atoms with Gasteiger partial charge in [-0.15, -0.1) is 0 Å². The van der Waals surface area contributed by atoms with Crippen molar-refractivity contribution in [1.29, 1.82) is 0 Å². The normalized spacial score (nSPS) is 52.2. The summed E-state index contributed by atoms with van der Waals surface area (Å²) in [4.78, 5) is 0. The quantitative estimate of drug-likeness (QED) is 0.232. The van der Waals surface area contributed by atoms with Crippen molar-refractivity contribution >= 4 is 0 Å². The van der Waals surface area contributed by atoms with Gasteiger partial charge in [0, 0.05) is 27.4 Å². The molecule has 2 nitrogen and oxygen atoms in total. The Hall–Kier alpha value is -1.02. The van der Waals surface area contributed by atoms with Crippen molar-refractivity contribution in [2.24, 2.45) is 81.8 Å². The molecule has 16 aliphatic carbocycles. The Balaban J connectivity index is 1.08. The highest BCUT2D eigenvalue weighted by molar-refractivity contribution is 5.63. The van der Waals surface area contributed by atoms with E-state index in [1.165, 1.54) is 122 Å². The summed E-state index contributed by atoms with van der Waals surface area (Å²) in [7, 11) is 0. The van der Waals surface area contributed by atoms with Gasteiger partial charge >= 0.3 is 0 Å². The molecule has 16 saturated carbocycles. The van der Waals surface area contributed by atoms with Gasteiger partial charge in [0.15, 0.2) is 0 Å². The van der Waals surface area contributed by atoms with Crippen LogP contribution in [0.4, 0.5) is 0 Å². The molecule has 17 fully saturated rings. The molecule has 0 spiro atoms. The Labute approximate surface area is 359 Å². The summed E-state index contributed by atoms with van der Waals surface area (Å²) in [5.74, 6) is 13.1. The summed E-state index contributed by atoms with van der Waals surface area (Å²) in [6.45, 7) is 13.6. The largest absolute Gasteiger partial charge is 0.486 e. The van der Waals surface area contributed by atoms with Gasteiger partial charge in [0.05, 0.1) is 6.61 Å². The molecule has 0 amide bonds. The van der Waals surface area contributed by atoms with Crippen molar-refractivity contribution in [3.63, 3.8) is 0 Å². The lowest BCUT2D eigenvalue weighted by Gasteiger charge is -2.64. The third-order valence-electron chi connectivity index (χ3n) is 22.3. The minimum absolute atomic E-state index is 0.0361. The van der Waals surface area contributed by atoms with Crippen molar-refractivity contribution in [3.8, 4) is 5.75 Å². The van der Waals surface area contributed by atoms with Gasteiger partial charge in [-0.3, -0.25) is 0 Å². The van der Waals surface area contributed by atoms with E-state index in [2.05, 4.69) is 40.7 Å². The standard InChI is InChI=1S/C57H82O2/c1-52(2,3)32-53(4,5)51(47-31-58-47)59-50-48(56-25-39-12-40(26-56)14-41(13-39)27-56)45(54-19-33-6-34(20-54)8-35(7-33)21-54)18-46(55-22-36-9-37(23-55)11-38(10-36)24-55)49(50)57-28-42-15-43(29-57)17-44(16-42)30-57/h18,33-44,47,51H,6-17,19-32H2,1-5H3. The number of epoxide rings is 1. The molecule has 1 aliphatic heterocycles. The average molecular weight is 799 g/mol. The summed E-state index contributed by atoms with van der Waals surface area (Å²) in [6, 6.07) is 3.23. The van der Waals surface area contributed by atoms with Crippen molar-refractivity contribution in [3.05, 3.63) is 28.3 Å². The van der Waals surface area contributed by atoms with E-state index in [0.29, 0.717) is 21.7 Å². The molecule has 0 N–H and O–H groups in total. The molecule has 2 unspecified atom stereocenters. The van der Waals surface area contributed by atoms with Gasteiger partial charge in [0.2, 0.25) is 0 Å². The van der Waals surface area contributed by atoms with Crippen LogP contribution in [0.25, 0.3) is 0 Å². The van der Waals surface area contributed by atoms with Gasteiger partial charge in [0.1, 0.15) is 18.0 Å². The summed E-state index contributed by atoms with van der Waals surface area (Å²) < 4.78 is 15.2. The van der Waals surface area contributed by atoms with Gasteiger partial charge in [-0.2, -0.15) is 0 Å². The minimum Gasteiger partial charge on any atom is -0.486 e. The Morgan fingerprint density at radius 3 is 1.00 bits per heavy atom. The monoisotopic (exact) mass is 799 g/mol. The lowest BCUT2D eigenvalue weighted by molar-refractivity contribution is -0.0300. The number of ether oxygens (including phenoxy) is 2. The lowest BCUT2D eigenvalue weighted by Crippen LogP contribution is -2.55. The van der Waals surface area contributed by atoms with E-state index in [-0.39, 0.29) is 23.0 Å². The van der Waals surface area contributed by atoms with E-state index in [4.69, 9.17) is 9.47 Å². The lowest BCUT2D eigenvalue weighted by atomic mass is 9.41. The maximum Gasteiger partial charge on any atom is 0.132 e. The smallest absolute Gasteiger partial charge is 0.132 e. The Bertz CT molecular complexity index is 1650. The molecule has 1 saturated heterocycles. The van der Waals surface area contributed by atoms with Crippen LogP contribution in [-0.2, 0) is 26.4 Å². The van der Waals surface area contributed by atoms with Crippen LogP contribution in [0.1, 0.15) is 217 Å². The highest BCUT2D eigenvalue weighted by Crippen LogP contribution is 2.72. The Morgan fingerprint density at radius 2 is 0.746 bits per heavy atom. The number of benzene rings is 1. The SMILES string of the molecule is CC(C)(C)CC(C)(C)C(Oc1c(C23CC4CC(CC(C4)C2)C3)c(C23CC4CC(CC(C4)C2)C3)cc(C23CC4CC(CC(C4)C2)C3)c1C12CC3CC(CC(C3)C1)C2)C1CO1. The third kappa shape index (κ3) is 5.69. The molecular weight excluding hydrogens is 717 g/mol. The zero-order chi connectivity index (χ0) is 39.5. The van der Waals surface area contributed by atoms with Crippen LogP contribution < -0.4 is 4.74 Å². The zero-order valence-corrected chi connectivity index (χ0v) is 38.4. The maximum atomic E-state index is 8.67. The molecular formula is C57H82O2. The van der Waals surface area contributed by atoms with Gasteiger partial charge in [-0.05, 0) is 259 Å². The topological polar surface area (TPSA) is 21.8 Å². The van der Waals surface area contributed by atoms with Crippen molar-refractivity contribution in [2.75, 3.05) is 6.61 Å². The van der Waals surface area contributed by atoms with Crippen LogP contribution >= 0.6 is 0 Å². The molecule has 18 rings (SSSR count). The average Bonchev–Trinajstić information content (AvgIpc) is 3.95. The Kier molecular flexibility index (Phi) is 7.73. The summed E-state index contributed by atoms with van der Waals surface area (Å²) >= 11 is 0. The van der Waals surface area contributed by atoms with Gasteiger partial charge < -0.3 is 9.47 Å². The van der Waals surface area contributed by atoms with E-state index < -0.39 is 0 Å². The second-order valence-electron chi connectivity index (χ2n) is 29.0. The zero-order valence-electron chi connectivity index (χ0n) is 38.4. The van der Waals surface area contributed by atoms with Crippen molar-refractivity contribution in [2.45, 2.75) is 229 Å².